The third-order valence-electron chi connectivity index (χ3n) is 5.12. The van der Waals surface area contributed by atoms with E-state index in [1.54, 1.807) is 12.1 Å². The standard InChI is InChI=1S/C20H23N3O5S/c24-19-7-6-17(23-8-1-13-29(23,26)27)14-18(19)21-20(25)15-2-4-16(5-3-15)22-9-11-28-12-10-22/h2-7,14,24H,1,8-13H2,(H,21,25). The number of hydrogen-bond donors (Lipinski definition) is 2. The predicted octanol–water partition coefficient (Wildman–Crippen LogP) is 2.02. The van der Waals surface area contributed by atoms with Crippen LogP contribution in [0.4, 0.5) is 17.1 Å². The third kappa shape index (κ3) is 4.15. The van der Waals surface area contributed by atoms with Crippen molar-refractivity contribution in [2.24, 2.45) is 0 Å². The summed E-state index contributed by atoms with van der Waals surface area (Å²) in [7, 11) is -3.34. The number of carbonyl (C=O) groups excluding carboxylic acids is 1. The number of nitrogens with zero attached hydrogens (tertiary/aromatic N) is 2. The summed E-state index contributed by atoms with van der Waals surface area (Å²) in [5.41, 5.74) is 2.07. The maximum absolute atomic E-state index is 12.6. The molecular weight excluding hydrogens is 394 g/mol. The number of ether oxygens (including phenoxy) is 1. The van der Waals surface area contributed by atoms with Crippen molar-refractivity contribution < 1.29 is 23.1 Å². The smallest absolute Gasteiger partial charge is 0.255 e. The van der Waals surface area contributed by atoms with Crippen LogP contribution in [0.3, 0.4) is 0 Å². The Morgan fingerprint density at radius 2 is 1.69 bits per heavy atom. The van der Waals surface area contributed by atoms with Crippen LogP contribution in [0, 0.1) is 0 Å². The summed E-state index contributed by atoms with van der Waals surface area (Å²) in [5, 5.41) is 12.8. The molecule has 4 rings (SSSR count). The van der Waals surface area contributed by atoms with Gasteiger partial charge in [0.25, 0.3) is 5.91 Å². The maximum atomic E-state index is 12.6. The van der Waals surface area contributed by atoms with Gasteiger partial charge in [-0.1, -0.05) is 0 Å². The molecule has 1 amide bonds. The first-order valence-electron chi connectivity index (χ1n) is 9.51. The lowest BCUT2D eigenvalue weighted by atomic mass is 10.1. The van der Waals surface area contributed by atoms with E-state index in [-0.39, 0.29) is 23.1 Å². The van der Waals surface area contributed by atoms with Crippen molar-refractivity contribution in [1.29, 1.82) is 0 Å². The van der Waals surface area contributed by atoms with Gasteiger partial charge in [-0.15, -0.1) is 0 Å². The van der Waals surface area contributed by atoms with E-state index in [2.05, 4.69) is 10.2 Å². The molecule has 0 bridgehead atoms. The van der Waals surface area contributed by atoms with Crippen molar-refractivity contribution in [3.63, 3.8) is 0 Å². The van der Waals surface area contributed by atoms with Gasteiger partial charge in [0.05, 0.1) is 30.3 Å². The molecule has 154 valence electrons. The second kappa shape index (κ2) is 7.92. The van der Waals surface area contributed by atoms with E-state index in [9.17, 15) is 18.3 Å². The van der Waals surface area contributed by atoms with Gasteiger partial charge >= 0.3 is 0 Å². The van der Waals surface area contributed by atoms with E-state index in [1.165, 1.54) is 22.5 Å². The molecule has 0 unspecified atom stereocenters. The molecule has 2 aromatic carbocycles. The number of amides is 1. The number of aromatic hydroxyl groups is 1. The molecule has 0 radical (unpaired) electrons. The van der Waals surface area contributed by atoms with Gasteiger partial charge in [-0.25, -0.2) is 8.42 Å². The molecule has 2 aliphatic rings. The zero-order valence-corrected chi connectivity index (χ0v) is 16.7. The normalized spacial score (nSPS) is 18.6. The summed E-state index contributed by atoms with van der Waals surface area (Å²) < 4.78 is 30.9. The van der Waals surface area contributed by atoms with Crippen LogP contribution in [0.15, 0.2) is 42.5 Å². The van der Waals surface area contributed by atoms with E-state index in [1.807, 2.05) is 12.1 Å². The molecule has 8 nitrogen and oxygen atoms in total. The lowest BCUT2D eigenvalue weighted by Gasteiger charge is -2.28. The number of sulfonamides is 1. The minimum Gasteiger partial charge on any atom is -0.506 e. The van der Waals surface area contributed by atoms with Crippen LogP contribution in [0.5, 0.6) is 5.75 Å². The topological polar surface area (TPSA) is 99.2 Å². The molecule has 0 saturated carbocycles. The van der Waals surface area contributed by atoms with Crippen LogP contribution in [-0.2, 0) is 14.8 Å². The van der Waals surface area contributed by atoms with Gasteiger partial charge in [0.1, 0.15) is 5.75 Å². The summed E-state index contributed by atoms with van der Waals surface area (Å²) in [4.78, 5) is 14.8. The van der Waals surface area contributed by atoms with E-state index < -0.39 is 10.0 Å². The average Bonchev–Trinajstić information content (AvgIpc) is 3.09. The third-order valence-corrected chi connectivity index (χ3v) is 6.99. The molecule has 2 N–H and O–H groups in total. The summed E-state index contributed by atoms with van der Waals surface area (Å²) in [6.45, 7) is 3.38. The second-order valence-corrected chi connectivity index (χ2v) is 9.06. The van der Waals surface area contributed by atoms with E-state index in [0.29, 0.717) is 37.4 Å². The van der Waals surface area contributed by atoms with Gasteiger partial charge in [0, 0.05) is 30.9 Å². The van der Waals surface area contributed by atoms with Crippen molar-refractivity contribution in [3.05, 3.63) is 48.0 Å². The van der Waals surface area contributed by atoms with Gasteiger partial charge in [-0.05, 0) is 48.9 Å². The highest BCUT2D eigenvalue weighted by molar-refractivity contribution is 7.93. The zero-order valence-electron chi connectivity index (χ0n) is 15.9. The van der Waals surface area contributed by atoms with Crippen LogP contribution in [-0.4, -0.2) is 58.0 Å². The number of benzene rings is 2. The van der Waals surface area contributed by atoms with Crippen molar-refractivity contribution in [3.8, 4) is 5.75 Å². The van der Waals surface area contributed by atoms with E-state index in [4.69, 9.17) is 4.74 Å². The average molecular weight is 417 g/mol. The van der Waals surface area contributed by atoms with Crippen LogP contribution >= 0.6 is 0 Å². The van der Waals surface area contributed by atoms with Crippen LogP contribution in [0.2, 0.25) is 0 Å². The number of carbonyl (C=O) groups is 1. The minimum absolute atomic E-state index is 0.102. The molecule has 0 aromatic heterocycles. The molecule has 0 spiro atoms. The maximum Gasteiger partial charge on any atom is 0.255 e. The molecule has 2 aliphatic heterocycles. The number of morpholine rings is 1. The van der Waals surface area contributed by atoms with Gasteiger partial charge < -0.3 is 20.1 Å². The summed E-state index contributed by atoms with van der Waals surface area (Å²) in [5.74, 6) is -0.399. The Kier molecular flexibility index (Phi) is 5.33. The molecule has 2 fully saturated rings. The predicted molar refractivity (Wildman–Crippen MR) is 111 cm³/mol. The molecule has 2 saturated heterocycles. The monoisotopic (exact) mass is 417 g/mol. The van der Waals surface area contributed by atoms with Gasteiger partial charge in [0.15, 0.2) is 0 Å². The SMILES string of the molecule is O=C(Nc1cc(N2CCCS2(=O)=O)ccc1O)c1ccc(N2CCOCC2)cc1. The highest BCUT2D eigenvalue weighted by Crippen LogP contribution is 2.32. The number of anilines is 3. The van der Waals surface area contributed by atoms with Crippen LogP contribution < -0.4 is 14.5 Å². The van der Waals surface area contributed by atoms with Crippen molar-refractivity contribution >= 4 is 33.0 Å². The molecule has 0 atom stereocenters. The summed E-state index contributed by atoms with van der Waals surface area (Å²) in [6.07, 6.45) is 0.556. The fourth-order valence-corrected chi connectivity index (χ4v) is 5.10. The summed E-state index contributed by atoms with van der Waals surface area (Å²) in [6, 6.07) is 11.6. The van der Waals surface area contributed by atoms with Gasteiger partial charge in [-0.3, -0.25) is 9.10 Å². The largest absolute Gasteiger partial charge is 0.506 e. The van der Waals surface area contributed by atoms with Gasteiger partial charge in [-0.2, -0.15) is 0 Å². The fraction of sp³-hybridized carbons (Fsp3) is 0.350. The first kappa shape index (κ1) is 19.5. The summed E-state index contributed by atoms with van der Waals surface area (Å²) >= 11 is 0. The van der Waals surface area contributed by atoms with Crippen LogP contribution in [0.1, 0.15) is 16.8 Å². The molecular formula is C20H23N3O5S. The van der Waals surface area contributed by atoms with Crippen molar-refractivity contribution in [2.45, 2.75) is 6.42 Å². The van der Waals surface area contributed by atoms with Crippen LogP contribution in [0.25, 0.3) is 0 Å². The first-order chi connectivity index (χ1) is 13.9. The Hall–Kier alpha value is -2.78. The number of nitrogens with one attached hydrogen (secondary N) is 1. The number of hydrogen-bond acceptors (Lipinski definition) is 6. The fourth-order valence-electron chi connectivity index (χ4n) is 3.55. The highest BCUT2D eigenvalue weighted by Gasteiger charge is 2.29. The van der Waals surface area contributed by atoms with Crippen molar-refractivity contribution in [2.75, 3.05) is 53.1 Å². The Balaban J connectivity index is 1.50. The van der Waals surface area contributed by atoms with Gasteiger partial charge in [0.2, 0.25) is 10.0 Å². The molecule has 9 heteroatoms. The Morgan fingerprint density at radius 3 is 2.34 bits per heavy atom. The highest BCUT2D eigenvalue weighted by atomic mass is 32.2. The zero-order chi connectivity index (χ0) is 20.4. The second-order valence-electron chi connectivity index (χ2n) is 7.04. The molecule has 2 heterocycles. The lowest BCUT2D eigenvalue weighted by molar-refractivity contribution is 0.102. The minimum atomic E-state index is -3.34. The number of rotatable bonds is 4. The Bertz CT molecular complexity index is 1000. The Morgan fingerprint density at radius 1 is 1.00 bits per heavy atom. The lowest BCUT2D eigenvalue weighted by Crippen LogP contribution is -2.36. The molecule has 0 aliphatic carbocycles. The molecule has 2 aromatic rings. The first-order valence-corrected chi connectivity index (χ1v) is 11.1. The quantitative estimate of drug-likeness (QED) is 0.739. The number of phenolic OH excluding ortho intramolecular Hbond substituents is 1. The van der Waals surface area contributed by atoms with Crippen molar-refractivity contribution in [1.82, 2.24) is 0 Å². The van der Waals surface area contributed by atoms with E-state index in [0.717, 1.165) is 18.8 Å². The number of phenols is 1. The van der Waals surface area contributed by atoms with E-state index >= 15 is 0 Å². The molecule has 29 heavy (non-hydrogen) atoms. The Labute approximate surface area is 169 Å².